The number of amides is 1. The summed E-state index contributed by atoms with van der Waals surface area (Å²) in [6, 6.07) is 10.8. The summed E-state index contributed by atoms with van der Waals surface area (Å²) in [5.74, 6) is 0.864. The number of hydrogen-bond donors (Lipinski definition) is 1. The van der Waals surface area contributed by atoms with Crippen molar-refractivity contribution in [3.63, 3.8) is 0 Å². The first-order valence-corrected chi connectivity index (χ1v) is 7.96. The zero-order valence-electron chi connectivity index (χ0n) is 12.1. The highest BCUT2D eigenvalue weighted by Crippen LogP contribution is 2.33. The van der Waals surface area contributed by atoms with Crippen LogP contribution in [0.25, 0.3) is 11.0 Å². The van der Waals surface area contributed by atoms with Crippen LogP contribution in [0, 0.1) is 0 Å². The van der Waals surface area contributed by atoms with Gasteiger partial charge in [-0.15, -0.1) is 0 Å². The molecule has 0 aliphatic carbocycles. The van der Waals surface area contributed by atoms with Crippen molar-refractivity contribution in [2.45, 2.75) is 6.42 Å². The number of anilines is 1. The lowest BCUT2D eigenvalue weighted by atomic mass is 10.1. The Kier molecular flexibility index (Phi) is 3.55. The number of rotatable bonds is 2. The van der Waals surface area contributed by atoms with E-state index in [9.17, 15) is 4.79 Å². The molecule has 1 aliphatic heterocycles. The number of fused-ring (bicyclic) bond motifs is 2. The highest BCUT2D eigenvalue weighted by Gasteiger charge is 2.19. The predicted molar refractivity (Wildman–Crippen MR) is 87.4 cm³/mol. The average molecular weight is 327 g/mol. The van der Waals surface area contributed by atoms with Gasteiger partial charge in [0.25, 0.3) is 5.91 Å². The Bertz CT molecular complexity index is 878. The number of aromatic nitrogens is 2. The standard InChI is InChI=1S/C16H13N3O3S/c20-16(17-10-5-6-12-13(9-10)19-23-18-12)11-3-1-4-14-15(11)22-8-2-7-21-14/h1,3-6,9H,2,7-8H2,(H,17,20). The quantitative estimate of drug-likeness (QED) is 0.783. The van der Waals surface area contributed by atoms with Crippen LogP contribution in [0.3, 0.4) is 0 Å². The van der Waals surface area contributed by atoms with Crippen molar-refractivity contribution in [1.29, 1.82) is 0 Å². The molecular weight excluding hydrogens is 314 g/mol. The van der Waals surface area contributed by atoms with E-state index >= 15 is 0 Å². The smallest absolute Gasteiger partial charge is 0.259 e. The highest BCUT2D eigenvalue weighted by molar-refractivity contribution is 7.00. The summed E-state index contributed by atoms with van der Waals surface area (Å²) < 4.78 is 19.6. The summed E-state index contributed by atoms with van der Waals surface area (Å²) in [6.45, 7) is 1.12. The number of nitrogens with one attached hydrogen (secondary N) is 1. The maximum Gasteiger partial charge on any atom is 0.259 e. The lowest BCUT2D eigenvalue weighted by Crippen LogP contribution is -2.13. The van der Waals surface area contributed by atoms with Crippen LogP contribution in [0.2, 0.25) is 0 Å². The van der Waals surface area contributed by atoms with E-state index in [2.05, 4.69) is 14.1 Å². The first-order valence-electron chi connectivity index (χ1n) is 7.23. The van der Waals surface area contributed by atoms with Gasteiger partial charge in [0.1, 0.15) is 11.0 Å². The van der Waals surface area contributed by atoms with Crippen LogP contribution >= 0.6 is 11.7 Å². The summed E-state index contributed by atoms with van der Waals surface area (Å²) in [6.07, 6.45) is 0.795. The molecule has 0 saturated heterocycles. The maximum atomic E-state index is 12.6. The van der Waals surface area contributed by atoms with E-state index in [1.807, 2.05) is 12.1 Å². The topological polar surface area (TPSA) is 73.3 Å². The van der Waals surface area contributed by atoms with Crippen molar-refractivity contribution < 1.29 is 14.3 Å². The number of para-hydroxylation sites is 1. The zero-order chi connectivity index (χ0) is 15.6. The Morgan fingerprint density at radius 3 is 2.91 bits per heavy atom. The van der Waals surface area contributed by atoms with E-state index in [-0.39, 0.29) is 5.91 Å². The Morgan fingerprint density at radius 2 is 1.96 bits per heavy atom. The number of carbonyl (C=O) groups excluding carboxylic acids is 1. The SMILES string of the molecule is O=C(Nc1ccc2nsnc2c1)c1cccc2c1OCCCO2. The van der Waals surface area contributed by atoms with E-state index in [0.717, 1.165) is 29.2 Å². The molecule has 0 saturated carbocycles. The second kappa shape index (κ2) is 5.85. The molecule has 3 aromatic rings. The van der Waals surface area contributed by atoms with Gasteiger partial charge >= 0.3 is 0 Å². The van der Waals surface area contributed by atoms with Gasteiger partial charge in [-0.25, -0.2) is 0 Å². The number of nitrogens with zero attached hydrogens (tertiary/aromatic N) is 2. The molecule has 1 aliphatic rings. The van der Waals surface area contributed by atoms with Crippen LogP contribution in [0.4, 0.5) is 5.69 Å². The monoisotopic (exact) mass is 327 g/mol. The maximum absolute atomic E-state index is 12.6. The number of carbonyl (C=O) groups is 1. The molecule has 23 heavy (non-hydrogen) atoms. The Morgan fingerprint density at radius 1 is 1.09 bits per heavy atom. The van der Waals surface area contributed by atoms with Crippen molar-refractivity contribution >= 4 is 34.4 Å². The molecule has 0 unspecified atom stereocenters. The number of hydrogen-bond acceptors (Lipinski definition) is 6. The molecule has 2 aromatic carbocycles. The van der Waals surface area contributed by atoms with Gasteiger partial charge in [0, 0.05) is 12.1 Å². The first-order chi connectivity index (χ1) is 11.3. The summed E-state index contributed by atoms with van der Waals surface area (Å²) in [4.78, 5) is 12.6. The summed E-state index contributed by atoms with van der Waals surface area (Å²) in [7, 11) is 0. The minimum Gasteiger partial charge on any atom is -0.490 e. The number of benzene rings is 2. The van der Waals surface area contributed by atoms with Crippen LogP contribution in [-0.2, 0) is 0 Å². The van der Waals surface area contributed by atoms with Crippen molar-refractivity contribution in [3.8, 4) is 11.5 Å². The molecule has 1 aromatic heterocycles. The van der Waals surface area contributed by atoms with E-state index in [0.29, 0.717) is 36.0 Å². The van der Waals surface area contributed by atoms with Gasteiger partial charge in [-0.3, -0.25) is 4.79 Å². The molecule has 1 amide bonds. The van der Waals surface area contributed by atoms with Crippen LogP contribution < -0.4 is 14.8 Å². The molecule has 1 N–H and O–H groups in total. The first kappa shape index (κ1) is 14.0. The third-order valence-corrected chi connectivity index (χ3v) is 4.08. The molecule has 0 spiro atoms. The lowest BCUT2D eigenvalue weighted by molar-refractivity contribution is 0.102. The molecule has 4 rings (SSSR count). The van der Waals surface area contributed by atoms with Crippen molar-refractivity contribution in [2.24, 2.45) is 0 Å². The van der Waals surface area contributed by atoms with Crippen LogP contribution in [0.15, 0.2) is 36.4 Å². The van der Waals surface area contributed by atoms with E-state index in [4.69, 9.17) is 9.47 Å². The zero-order valence-corrected chi connectivity index (χ0v) is 12.9. The molecule has 0 bridgehead atoms. The third kappa shape index (κ3) is 2.70. The van der Waals surface area contributed by atoms with Gasteiger partial charge in [0.05, 0.1) is 30.5 Å². The molecular formula is C16H13N3O3S. The molecule has 116 valence electrons. The van der Waals surface area contributed by atoms with E-state index < -0.39 is 0 Å². The second-order valence-corrected chi connectivity index (χ2v) is 5.63. The summed E-state index contributed by atoms with van der Waals surface area (Å²) >= 11 is 1.15. The van der Waals surface area contributed by atoms with Crippen molar-refractivity contribution in [3.05, 3.63) is 42.0 Å². The Labute approximate surface area is 136 Å². The summed E-state index contributed by atoms with van der Waals surface area (Å²) in [5.41, 5.74) is 2.71. The largest absolute Gasteiger partial charge is 0.490 e. The van der Waals surface area contributed by atoms with Gasteiger partial charge < -0.3 is 14.8 Å². The minimum atomic E-state index is -0.241. The van der Waals surface area contributed by atoms with Gasteiger partial charge in [0.2, 0.25) is 0 Å². The van der Waals surface area contributed by atoms with E-state index in [1.54, 1.807) is 24.3 Å². The van der Waals surface area contributed by atoms with Crippen LogP contribution in [-0.4, -0.2) is 27.9 Å². The van der Waals surface area contributed by atoms with Crippen molar-refractivity contribution in [2.75, 3.05) is 18.5 Å². The Balaban J connectivity index is 1.64. The fourth-order valence-corrected chi connectivity index (χ4v) is 2.95. The van der Waals surface area contributed by atoms with Crippen molar-refractivity contribution in [1.82, 2.24) is 8.75 Å². The van der Waals surface area contributed by atoms with Gasteiger partial charge in [-0.05, 0) is 30.3 Å². The molecule has 0 radical (unpaired) electrons. The fraction of sp³-hybridized carbons (Fsp3) is 0.188. The summed E-state index contributed by atoms with van der Waals surface area (Å²) in [5, 5.41) is 2.87. The molecule has 0 fully saturated rings. The molecule has 6 nitrogen and oxygen atoms in total. The fourth-order valence-electron chi connectivity index (χ4n) is 2.43. The van der Waals surface area contributed by atoms with Gasteiger partial charge in [0.15, 0.2) is 11.5 Å². The lowest BCUT2D eigenvalue weighted by Gasteiger charge is -2.12. The van der Waals surface area contributed by atoms with E-state index in [1.165, 1.54) is 0 Å². The van der Waals surface area contributed by atoms with Gasteiger partial charge in [-0.1, -0.05) is 6.07 Å². The number of ether oxygens (including phenoxy) is 2. The molecule has 7 heteroatoms. The van der Waals surface area contributed by atoms with Crippen LogP contribution in [0.5, 0.6) is 11.5 Å². The predicted octanol–water partition coefficient (Wildman–Crippen LogP) is 3.10. The van der Waals surface area contributed by atoms with Gasteiger partial charge in [-0.2, -0.15) is 8.75 Å². The second-order valence-electron chi connectivity index (χ2n) is 5.11. The molecule has 2 heterocycles. The normalized spacial score (nSPS) is 13.6. The average Bonchev–Trinajstić information content (AvgIpc) is 2.89. The highest BCUT2D eigenvalue weighted by atomic mass is 32.1. The third-order valence-electron chi connectivity index (χ3n) is 3.53. The van der Waals surface area contributed by atoms with Crippen LogP contribution in [0.1, 0.15) is 16.8 Å². The minimum absolute atomic E-state index is 0.241. The Hall–Kier alpha value is -2.67. The molecule has 0 atom stereocenters.